The molecule has 106 valence electrons. The summed E-state index contributed by atoms with van der Waals surface area (Å²) in [5, 5.41) is 0. The number of carbonyl (C=O) groups is 1. The number of carbonyl (C=O) groups excluding carboxylic acids is 1. The lowest BCUT2D eigenvalue weighted by Gasteiger charge is -2.16. The lowest BCUT2D eigenvalue weighted by molar-refractivity contribution is -0.144. The van der Waals surface area contributed by atoms with Gasteiger partial charge in [-0.1, -0.05) is 38.1 Å². The molecule has 1 unspecified atom stereocenters. The summed E-state index contributed by atoms with van der Waals surface area (Å²) in [6, 6.07) is 8.65. The number of esters is 1. The maximum atomic E-state index is 11.4. The van der Waals surface area contributed by atoms with Crippen molar-refractivity contribution >= 4 is 5.97 Å². The van der Waals surface area contributed by atoms with Crippen molar-refractivity contribution in [1.29, 1.82) is 0 Å². The van der Waals surface area contributed by atoms with E-state index in [0.29, 0.717) is 19.1 Å². The van der Waals surface area contributed by atoms with Crippen molar-refractivity contribution in [2.45, 2.75) is 39.7 Å². The van der Waals surface area contributed by atoms with Crippen LogP contribution >= 0.6 is 0 Å². The van der Waals surface area contributed by atoms with Gasteiger partial charge < -0.3 is 4.74 Å². The fourth-order valence-corrected chi connectivity index (χ4v) is 1.98. The average molecular weight is 263 g/mol. The summed E-state index contributed by atoms with van der Waals surface area (Å²) in [5.41, 5.74) is 2.60. The molecule has 0 spiro atoms. The molecule has 0 bridgehead atoms. The molecule has 1 atom stereocenters. The molecule has 0 aliphatic rings. The lowest BCUT2D eigenvalue weighted by Crippen LogP contribution is -2.27. The van der Waals surface area contributed by atoms with Crippen molar-refractivity contribution in [2.75, 3.05) is 20.2 Å². The molecule has 3 nitrogen and oxygen atoms in total. The smallest absolute Gasteiger partial charge is 0.320 e. The van der Waals surface area contributed by atoms with Crippen LogP contribution in [0.4, 0.5) is 0 Å². The van der Waals surface area contributed by atoms with Gasteiger partial charge in [0.15, 0.2) is 0 Å². The minimum Gasteiger partial charge on any atom is -0.465 e. The van der Waals surface area contributed by atoms with E-state index in [0.717, 1.165) is 13.0 Å². The van der Waals surface area contributed by atoms with Gasteiger partial charge in [0.2, 0.25) is 0 Å². The van der Waals surface area contributed by atoms with Crippen molar-refractivity contribution in [1.82, 2.24) is 4.90 Å². The minimum absolute atomic E-state index is 0.166. The predicted octanol–water partition coefficient (Wildman–Crippen LogP) is 3.20. The number of likely N-dealkylation sites (N-methyl/N-ethyl adjacent to an activating group) is 1. The standard InChI is InChI=1S/C16H25NO2/c1-5-13(3)15-9-7-14(8-10-15)11-17(4)12-16(18)19-6-2/h7-10,13H,5-6,11-12H2,1-4H3. The summed E-state index contributed by atoms with van der Waals surface area (Å²) in [7, 11) is 1.93. The molecule has 19 heavy (non-hydrogen) atoms. The third-order valence-electron chi connectivity index (χ3n) is 3.32. The van der Waals surface area contributed by atoms with Gasteiger partial charge in [-0.3, -0.25) is 9.69 Å². The summed E-state index contributed by atoms with van der Waals surface area (Å²) in [5.74, 6) is 0.438. The van der Waals surface area contributed by atoms with Gasteiger partial charge in [0.05, 0.1) is 13.2 Å². The molecule has 0 N–H and O–H groups in total. The van der Waals surface area contributed by atoms with Crippen LogP contribution in [0.2, 0.25) is 0 Å². The Hall–Kier alpha value is -1.35. The highest BCUT2D eigenvalue weighted by Gasteiger charge is 2.08. The Morgan fingerprint density at radius 1 is 1.26 bits per heavy atom. The van der Waals surface area contributed by atoms with Crippen LogP contribution in [-0.2, 0) is 16.1 Å². The molecule has 0 heterocycles. The van der Waals surface area contributed by atoms with E-state index in [1.165, 1.54) is 11.1 Å². The predicted molar refractivity (Wildman–Crippen MR) is 78.1 cm³/mol. The van der Waals surface area contributed by atoms with Crippen molar-refractivity contribution in [3.8, 4) is 0 Å². The largest absolute Gasteiger partial charge is 0.465 e. The minimum atomic E-state index is -0.166. The van der Waals surface area contributed by atoms with E-state index in [1.54, 1.807) is 0 Å². The van der Waals surface area contributed by atoms with E-state index >= 15 is 0 Å². The molecule has 0 aliphatic heterocycles. The normalized spacial score (nSPS) is 12.5. The van der Waals surface area contributed by atoms with E-state index < -0.39 is 0 Å². The Morgan fingerprint density at radius 2 is 1.89 bits per heavy atom. The molecule has 1 rings (SSSR count). The molecule has 0 aliphatic carbocycles. The lowest BCUT2D eigenvalue weighted by atomic mass is 9.97. The first-order chi connectivity index (χ1) is 9.06. The van der Waals surface area contributed by atoms with Gasteiger partial charge in [-0.2, -0.15) is 0 Å². The van der Waals surface area contributed by atoms with Crippen molar-refractivity contribution in [3.05, 3.63) is 35.4 Å². The van der Waals surface area contributed by atoms with Crippen LogP contribution in [0.25, 0.3) is 0 Å². The highest BCUT2D eigenvalue weighted by molar-refractivity contribution is 5.71. The zero-order valence-corrected chi connectivity index (χ0v) is 12.5. The number of ether oxygens (including phenoxy) is 1. The van der Waals surface area contributed by atoms with Crippen LogP contribution in [0.5, 0.6) is 0 Å². The summed E-state index contributed by atoms with van der Waals surface area (Å²) in [4.78, 5) is 13.3. The first-order valence-corrected chi connectivity index (χ1v) is 6.99. The Bertz CT molecular complexity index is 386. The second-order valence-corrected chi connectivity index (χ2v) is 5.03. The third-order valence-corrected chi connectivity index (χ3v) is 3.32. The number of hydrogen-bond acceptors (Lipinski definition) is 3. The van der Waals surface area contributed by atoms with Gasteiger partial charge in [-0.25, -0.2) is 0 Å². The molecule has 0 amide bonds. The van der Waals surface area contributed by atoms with E-state index in [2.05, 4.69) is 38.1 Å². The number of nitrogens with zero attached hydrogens (tertiary/aromatic N) is 1. The Labute approximate surface area is 116 Å². The molecule has 3 heteroatoms. The molecule has 1 aromatic carbocycles. The van der Waals surface area contributed by atoms with E-state index in [9.17, 15) is 4.79 Å². The van der Waals surface area contributed by atoms with Gasteiger partial charge in [-0.05, 0) is 37.4 Å². The molecule has 0 aromatic heterocycles. The quantitative estimate of drug-likeness (QED) is 0.708. The van der Waals surface area contributed by atoms with Crippen LogP contribution < -0.4 is 0 Å². The van der Waals surface area contributed by atoms with Crippen molar-refractivity contribution in [2.24, 2.45) is 0 Å². The van der Waals surface area contributed by atoms with Crippen LogP contribution in [0.3, 0.4) is 0 Å². The van der Waals surface area contributed by atoms with Crippen LogP contribution in [0.15, 0.2) is 24.3 Å². The van der Waals surface area contributed by atoms with Crippen LogP contribution in [-0.4, -0.2) is 31.1 Å². The molecule has 0 radical (unpaired) electrons. The second-order valence-electron chi connectivity index (χ2n) is 5.03. The molecule has 0 saturated heterocycles. The SMILES string of the molecule is CCOC(=O)CN(C)Cc1ccc(C(C)CC)cc1. The van der Waals surface area contributed by atoms with E-state index in [1.807, 2.05) is 18.9 Å². The average Bonchev–Trinajstić information content (AvgIpc) is 2.38. The van der Waals surface area contributed by atoms with Gasteiger partial charge >= 0.3 is 5.97 Å². The Balaban J connectivity index is 2.50. The van der Waals surface area contributed by atoms with Gasteiger partial charge in [0.1, 0.15) is 0 Å². The summed E-state index contributed by atoms with van der Waals surface area (Å²) in [6.07, 6.45) is 1.15. The van der Waals surface area contributed by atoms with Gasteiger partial charge in [0, 0.05) is 6.54 Å². The van der Waals surface area contributed by atoms with Gasteiger partial charge in [-0.15, -0.1) is 0 Å². The maximum Gasteiger partial charge on any atom is 0.320 e. The van der Waals surface area contributed by atoms with Crippen molar-refractivity contribution in [3.63, 3.8) is 0 Å². The summed E-state index contributed by atoms with van der Waals surface area (Å²) in [6.45, 7) is 7.80. The number of hydrogen-bond donors (Lipinski definition) is 0. The van der Waals surface area contributed by atoms with Crippen LogP contribution in [0.1, 0.15) is 44.2 Å². The molecule has 0 saturated carbocycles. The Morgan fingerprint density at radius 3 is 2.42 bits per heavy atom. The first-order valence-electron chi connectivity index (χ1n) is 6.99. The summed E-state index contributed by atoms with van der Waals surface area (Å²) < 4.78 is 4.93. The highest BCUT2D eigenvalue weighted by atomic mass is 16.5. The zero-order valence-electron chi connectivity index (χ0n) is 12.5. The topological polar surface area (TPSA) is 29.5 Å². The zero-order chi connectivity index (χ0) is 14.3. The number of rotatable bonds is 7. The molecule has 1 aromatic rings. The molecular weight excluding hydrogens is 238 g/mol. The highest BCUT2D eigenvalue weighted by Crippen LogP contribution is 2.19. The van der Waals surface area contributed by atoms with Crippen LogP contribution in [0, 0.1) is 0 Å². The first kappa shape index (κ1) is 15.7. The summed E-state index contributed by atoms with van der Waals surface area (Å²) >= 11 is 0. The fraction of sp³-hybridized carbons (Fsp3) is 0.562. The third kappa shape index (κ3) is 5.43. The van der Waals surface area contributed by atoms with E-state index in [4.69, 9.17) is 4.74 Å². The Kier molecular flexibility index (Phi) is 6.57. The second kappa shape index (κ2) is 7.95. The molecular formula is C16H25NO2. The fourth-order valence-electron chi connectivity index (χ4n) is 1.98. The van der Waals surface area contributed by atoms with E-state index in [-0.39, 0.29) is 5.97 Å². The maximum absolute atomic E-state index is 11.4. The number of benzene rings is 1. The monoisotopic (exact) mass is 263 g/mol. The molecule has 0 fully saturated rings. The van der Waals surface area contributed by atoms with Crippen molar-refractivity contribution < 1.29 is 9.53 Å². The van der Waals surface area contributed by atoms with Gasteiger partial charge in [0.25, 0.3) is 0 Å².